The second-order valence-corrected chi connectivity index (χ2v) is 6.97. The molecule has 0 aromatic rings. The first kappa shape index (κ1) is 19.2. The van der Waals surface area contributed by atoms with Crippen LogP contribution in [-0.4, -0.2) is 4.83 Å². The lowest BCUT2D eigenvalue weighted by atomic mass is 10.1. The summed E-state index contributed by atoms with van der Waals surface area (Å²) in [5.74, 6) is 0. The first-order valence-corrected chi connectivity index (χ1v) is 9.51. The monoisotopic (exact) mass is 330 g/mol. The van der Waals surface area contributed by atoms with E-state index in [0.717, 1.165) is 4.83 Å². The fourth-order valence-corrected chi connectivity index (χ4v) is 2.61. The Morgan fingerprint density at radius 2 is 1.26 bits per heavy atom. The fraction of sp³-hybridized carbons (Fsp3) is 0.889. The number of hydrogen-bond donors (Lipinski definition) is 0. The van der Waals surface area contributed by atoms with E-state index in [9.17, 15) is 0 Å². The molecule has 114 valence electrons. The van der Waals surface area contributed by atoms with E-state index in [-0.39, 0.29) is 0 Å². The van der Waals surface area contributed by atoms with Gasteiger partial charge < -0.3 is 0 Å². The lowest BCUT2D eigenvalue weighted by Crippen LogP contribution is -1.94. The maximum absolute atomic E-state index is 3.70. The van der Waals surface area contributed by atoms with Gasteiger partial charge in [-0.15, -0.1) is 0 Å². The fourth-order valence-electron chi connectivity index (χ4n) is 2.29. The molecule has 0 amide bonds. The molecule has 0 aliphatic rings. The molecule has 19 heavy (non-hydrogen) atoms. The lowest BCUT2D eigenvalue weighted by Gasteiger charge is -2.04. The van der Waals surface area contributed by atoms with Crippen LogP contribution in [0.1, 0.15) is 97.3 Å². The minimum atomic E-state index is 0.746. The van der Waals surface area contributed by atoms with Crippen molar-refractivity contribution in [3.63, 3.8) is 0 Å². The van der Waals surface area contributed by atoms with E-state index >= 15 is 0 Å². The van der Waals surface area contributed by atoms with Crippen LogP contribution in [-0.2, 0) is 0 Å². The van der Waals surface area contributed by atoms with Crippen LogP contribution in [0.3, 0.4) is 0 Å². The molecule has 0 aliphatic heterocycles. The minimum Gasteiger partial charge on any atom is -0.0891 e. The Morgan fingerprint density at radius 1 is 0.737 bits per heavy atom. The third kappa shape index (κ3) is 16.2. The first-order valence-electron chi connectivity index (χ1n) is 8.60. The highest BCUT2D eigenvalue weighted by Gasteiger charge is 1.98. The van der Waals surface area contributed by atoms with Gasteiger partial charge in [0.15, 0.2) is 0 Å². The van der Waals surface area contributed by atoms with Gasteiger partial charge in [-0.3, -0.25) is 0 Å². The average molecular weight is 331 g/mol. The number of rotatable bonds is 14. The Hall–Kier alpha value is 0.220. The van der Waals surface area contributed by atoms with Crippen LogP contribution in [0, 0.1) is 0 Å². The van der Waals surface area contributed by atoms with Gasteiger partial charge >= 0.3 is 0 Å². The summed E-state index contributed by atoms with van der Waals surface area (Å²) in [5, 5.41) is 0. The molecule has 0 radical (unpaired) electrons. The maximum Gasteiger partial charge on any atom is 0.0143 e. The zero-order valence-electron chi connectivity index (χ0n) is 13.3. The molecule has 0 aromatic carbocycles. The molecule has 1 atom stereocenters. The van der Waals surface area contributed by atoms with Gasteiger partial charge in [-0.2, -0.15) is 0 Å². The zero-order chi connectivity index (χ0) is 14.2. The number of alkyl halides is 1. The third-order valence-electron chi connectivity index (χ3n) is 3.72. The largest absolute Gasteiger partial charge is 0.0891 e. The second-order valence-electron chi connectivity index (χ2n) is 5.67. The van der Waals surface area contributed by atoms with Crippen molar-refractivity contribution in [3.8, 4) is 0 Å². The van der Waals surface area contributed by atoms with Crippen molar-refractivity contribution >= 4 is 15.9 Å². The van der Waals surface area contributed by atoms with E-state index in [4.69, 9.17) is 0 Å². The molecule has 0 aliphatic carbocycles. The van der Waals surface area contributed by atoms with Crippen LogP contribution in [0.5, 0.6) is 0 Å². The molecule has 0 bridgehead atoms. The molecule has 1 heteroatoms. The second kappa shape index (κ2) is 16.3. The highest BCUT2D eigenvalue weighted by Crippen LogP contribution is 2.14. The van der Waals surface area contributed by atoms with Crippen molar-refractivity contribution in [1.29, 1.82) is 0 Å². The highest BCUT2D eigenvalue weighted by molar-refractivity contribution is 9.09. The summed E-state index contributed by atoms with van der Waals surface area (Å²) >= 11 is 3.70. The van der Waals surface area contributed by atoms with Crippen LogP contribution in [0.25, 0.3) is 0 Å². The van der Waals surface area contributed by atoms with Gasteiger partial charge in [-0.25, -0.2) is 0 Å². The molecule has 0 heterocycles. The van der Waals surface area contributed by atoms with Crippen molar-refractivity contribution in [2.45, 2.75) is 102 Å². The Balaban J connectivity index is 3.09. The number of unbranched alkanes of at least 4 members (excludes halogenated alkanes) is 9. The molecule has 0 fully saturated rings. The molecule has 0 spiro atoms. The van der Waals surface area contributed by atoms with Crippen molar-refractivity contribution in [1.82, 2.24) is 0 Å². The summed E-state index contributed by atoms with van der Waals surface area (Å²) in [5.41, 5.74) is 0. The quantitative estimate of drug-likeness (QED) is 0.176. The van der Waals surface area contributed by atoms with Crippen LogP contribution >= 0.6 is 15.9 Å². The zero-order valence-corrected chi connectivity index (χ0v) is 14.9. The number of halogens is 1. The van der Waals surface area contributed by atoms with Gasteiger partial charge in [0.2, 0.25) is 0 Å². The molecular weight excluding hydrogens is 296 g/mol. The highest BCUT2D eigenvalue weighted by atomic mass is 79.9. The molecule has 0 saturated heterocycles. The minimum absolute atomic E-state index is 0.746. The standard InChI is InChI=1S/C18H35Br/c1-3-5-6-7-8-9-10-11-12-13-14-15-16-17-18(19)4-2/h11-12,18H,3-10,13-17H2,1-2H3/b12-11-. The van der Waals surface area contributed by atoms with Crippen molar-refractivity contribution in [2.24, 2.45) is 0 Å². The number of allylic oxidation sites excluding steroid dienone is 2. The molecule has 0 N–H and O–H groups in total. The summed E-state index contributed by atoms with van der Waals surface area (Å²) < 4.78 is 0. The van der Waals surface area contributed by atoms with Gasteiger partial charge in [0, 0.05) is 4.83 Å². The SMILES string of the molecule is CCCCCCCC/C=C\CCCCCC(Br)CC. The first-order chi connectivity index (χ1) is 9.31. The summed E-state index contributed by atoms with van der Waals surface area (Å²) in [6.45, 7) is 4.54. The van der Waals surface area contributed by atoms with Crippen LogP contribution in [0.15, 0.2) is 12.2 Å². The van der Waals surface area contributed by atoms with E-state index in [1.54, 1.807) is 0 Å². The van der Waals surface area contributed by atoms with Crippen molar-refractivity contribution < 1.29 is 0 Å². The molecule has 0 saturated carbocycles. The predicted molar refractivity (Wildman–Crippen MR) is 93.2 cm³/mol. The predicted octanol–water partition coefficient (Wildman–Crippen LogP) is 7.42. The van der Waals surface area contributed by atoms with Gasteiger partial charge in [0.25, 0.3) is 0 Å². The molecular formula is C18H35Br. The maximum atomic E-state index is 3.70. The summed E-state index contributed by atoms with van der Waals surface area (Å²) in [4.78, 5) is 0.746. The van der Waals surface area contributed by atoms with Crippen LogP contribution < -0.4 is 0 Å². The Labute approximate surface area is 130 Å². The molecule has 0 nitrogen and oxygen atoms in total. The normalized spacial score (nSPS) is 13.2. The Bertz CT molecular complexity index is 186. The van der Waals surface area contributed by atoms with E-state index < -0.39 is 0 Å². The van der Waals surface area contributed by atoms with Gasteiger partial charge in [0.1, 0.15) is 0 Å². The average Bonchev–Trinajstić information content (AvgIpc) is 2.43. The third-order valence-corrected chi connectivity index (χ3v) is 4.83. The van der Waals surface area contributed by atoms with Crippen molar-refractivity contribution in [3.05, 3.63) is 12.2 Å². The van der Waals surface area contributed by atoms with E-state index in [2.05, 4.69) is 41.9 Å². The molecule has 1 unspecified atom stereocenters. The van der Waals surface area contributed by atoms with Crippen LogP contribution in [0.4, 0.5) is 0 Å². The lowest BCUT2D eigenvalue weighted by molar-refractivity contribution is 0.609. The van der Waals surface area contributed by atoms with Crippen LogP contribution in [0.2, 0.25) is 0 Å². The Kier molecular flexibility index (Phi) is 16.5. The molecule has 0 aromatic heterocycles. The van der Waals surface area contributed by atoms with Crippen molar-refractivity contribution in [2.75, 3.05) is 0 Å². The van der Waals surface area contributed by atoms with Gasteiger partial charge in [0.05, 0.1) is 0 Å². The summed E-state index contributed by atoms with van der Waals surface area (Å²) in [6, 6.07) is 0. The van der Waals surface area contributed by atoms with E-state index in [1.807, 2.05) is 0 Å². The molecule has 0 rings (SSSR count). The topological polar surface area (TPSA) is 0 Å². The summed E-state index contributed by atoms with van der Waals surface area (Å²) in [6.07, 6.45) is 22.6. The Morgan fingerprint density at radius 3 is 1.84 bits per heavy atom. The van der Waals surface area contributed by atoms with E-state index in [0.29, 0.717) is 0 Å². The van der Waals surface area contributed by atoms with Gasteiger partial charge in [-0.1, -0.05) is 86.9 Å². The summed E-state index contributed by atoms with van der Waals surface area (Å²) in [7, 11) is 0. The number of hydrogen-bond acceptors (Lipinski definition) is 0. The smallest absolute Gasteiger partial charge is 0.0143 e. The van der Waals surface area contributed by atoms with E-state index in [1.165, 1.54) is 83.5 Å². The van der Waals surface area contributed by atoms with Gasteiger partial charge in [-0.05, 0) is 38.5 Å².